The number of ether oxygens (including phenoxy) is 1. The molecule has 114 valence electrons. The van der Waals surface area contributed by atoms with Gasteiger partial charge in [0.25, 0.3) is 0 Å². The molecule has 0 amide bonds. The van der Waals surface area contributed by atoms with E-state index in [0.29, 0.717) is 6.04 Å². The van der Waals surface area contributed by atoms with Crippen molar-refractivity contribution >= 4 is 0 Å². The highest BCUT2D eigenvalue weighted by Gasteiger charge is 2.41. The first-order chi connectivity index (χ1) is 10.4. The van der Waals surface area contributed by atoms with Crippen LogP contribution in [0.2, 0.25) is 0 Å². The van der Waals surface area contributed by atoms with Gasteiger partial charge in [-0.05, 0) is 55.7 Å². The van der Waals surface area contributed by atoms with Gasteiger partial charge in [0.05, 0.1) is 5.60 Å². The molecule has 2 unspecified atom stereocenters. The highest BCUT2D eigenvalue weighted by Crippen LogP contribution is 2.45. The van der Waals surface area contributed by atoms with Gasteiger partial charge in [-0.2, -0.15) is 0 Å². The number of benzene rings is 1. The molecule has 0 bridgehead atoms. The Morgan fingerprint density at radius 1 is 1.10 bits per heavy atom. The van der Waals surface area contributed by atoms with Crippen LogP contribution in [0.25, 0.3) is 0 Å². The Hall–Kier alpha value is -0.860. The van der Waals surface area contributed by atoms with Crippen LogP contribution in [0.5, 0.6) is 0 Å². The maximum atomic E-state index is 6.29. The fourth-order valence-corrected chi connectivity index (χ4v) is 4.85. The number of nitrogens with one attached hydrogen (secondary N) is 1. The molecule has 4 rings (SSSR count). The summed E-state index contributed by atoms with van der Waals surface area (Å²) < 4.78 is 6.29. The molecule has 1 spiro atoms. The maximum Gasteiger partial charge on any atom is 0.0686 e. The second kappa shape index (κ2) is 5.73. The lowest BCUT2D eigenvalue weighted by atomic mass is 9.72. The lowest BCUT2D eigenvalue weighted by Gasteiger charge is -2.46. The lowest BCUT2D eigenvalue weighted by molar-refractivity contribution is -0.122. The van der Waals surface area contributed by atoms with Crippen molar-refractivity contribution in [2.75, 3.05) is 13.2 Å². The first-order valence-corrected chi connectivity index (χ1v) is 8.82. The first-order valence-electron chi connectivity index (χ1n) is 8.82. The van der Waals surface area contributed by atoms with Crippen LogP contribution in [0.3, 0.4) is 0 Å². The largest absolute Gasteiger partial charge is 0.375 e. The van der Waals surface area contributed by atoms with Crippen molar-refractivity contribution < 1.29 is 4.74 Å². The summed E-state index contributed by atoms with van der Waals surface area (Å²) in [5.74, 6) is 0.748. The fourth-order valence-electron chi connectivity index (χ4n) is 4.85. The molecule has 1 N–H and O–H groups in total. The molecule has 2 atom stereocenters. The standard InChI is InChI=1S/C19H27NO/c1-4-10-19(11-5-1)14-16(9-13-21-19)18-17-7-3-2-6-15(17)8-12-20-18/h2-3,6-7,16,18,20H,1,4-5,8-14H2. The number of hydrogen-bond acceptors (Lipinski definition) is 2. The molecule has 2 heterocycles. The van der Waals surface area contributed by atoms with Gasteiger partial charge >= 0.3 is 0 Å². The minimum atomic E-state index is 0.217. The highest BCUT2D eigenvalue weighted by molar-refractivity contribution is 5.33. The molecule has 3 aliphatic rings. The smallest absolute Gasteiger partial charge is 0.0686 e. The zero-order valence-electron chi connectivity index (χ0n) is 12.9. The van der Waals surface area contributed by atoms with Gasteiger partial charge in [-0.3, -0.25) is 0 Å². The third kappa shape index (κ3) is 2.64. The van der Waals surface area contributed by atoms with E-state index in [2.05, 4.69) is 29.6 Å². The van der Waals surface area contributed by atoms with Crippen LogP contribution in [0.4, 0.5) is 0 Å². The van der Waals surface area contributed by atoms with Crippen LogP contribution in [-0.4, -0.2) is 18.8 Å². The van der Waals surface area contributed by atoms with Crippen molar-refractivity contribution in [3.8, 4) is 0 Å². The molecule has 1 aromatic carbocycles. The van der Waals surface area contributed by atoms with Gasteiger partial charge in [0.15, 0.2) is 0 Å². The number of fused-ring (bicyclic) bond motifs is 1. The molecule has 1 saturated heterocycles. The quantitative estimate of drug-likeness (QED) is 0.842. The van der Waals surface area contributed by atoms with Crippen LogP contribution in [0, 0.1) is 5.92 Å². The minimum Gasteiger partial charge on any atom is -0.375 e. The summed E-state index contributed by atoms with van der Waals surface area (Å²) >= 11 is 0. The molecule has 1 aliphatic carbocycles. The molecule has 2 aliphatic heterocycles. The zero-order chi connectivity index (χ0) is 14.1. The van der Waals surface area contributed by atoms with E-state index in [1.165, 1.54) is 51.4 Å². The summed E-state index contributed by atoms with van der Waals surface area (Å²) in [6.45, 7) is 2.09. The highest BCUT2D eigenvalue weighted by atomic mass is 16.5. The zero-order valence-corrected chi connectivity index (χ0v) is 12.9. The number of hydrogen-bond donors (Lipinski definition) is 1. The van der Waals surface area contributed by atoms with Crippen LogP contribution in [-0.2, 0) is 11.2 Å². The molecule has 0 radical (unpaired) electrons. The average Bonchev–Trinajstić information content (AvgIpc) is 2.55. The third-order valence-electron chi connectivity index (χ3n) is 5.92. The molecule has 21 heavy (non-hydrogen) atoms. The van der Waals surface area contributed by atoms with Crippen molar-refractivity contribution in [3.05, 3.63) is 35.4 Å². The first kappa shape index (κ1) is 13.8. The van der Waals surface area contributed by atoms with Crippen LogP contribution in [0.1, 0.15) is 62.1 Å². The average molecular weight is 285 g/mol. The second-order valence-electron chi connectivity index (χ2n) is 7.23. The Labute approximate surface area is 128 Å². The number of rotatable bonds is 1. The topological polar surface area (TPSA) is 21.3 Å². The summed E-state index contributed by atoms with van der Waals surface area (Å²) in [7, 11) is 0. The summed E-state index contributed by atoms with van der Waals surface area (Å²) in [4.78, 5) is 0. The van der Waals surface area contributed by atoms with Crippen molar-refractivity contribution in [2.45, 2.75) is 63.0 Å². The fraction of sp³-hybridized carbons (Fsp3) is 0.684. The van der Waals surface area contributed by atoms with Crippen LogP contribution in [0.15, 0.2) is 24.3 Å². The third-order valence-corrected chi connectivity index (χ3v) is 5.92. The summed E-state index contributed by atoms with van der Waals surface area (Å²) in [5.41, 5.74) is 3.34. The summed E-state index contributed by atoms with van der Waals surface area (Å²) in [6, 6.07) is 9.61. The molecule has 2 nitrogen and oxygen atoms in total. The maximum absolute atomic E-state index is 6.29. The molecular weight excluding hydrogens is 258 g/mol. The van der Waals surface area contributed by atoms with E-state index in [9.17, 15) is 0 Å². The molecule has 0 aromatic heterocycles. The van der Waals surface area contributed by atoms with Crippen molar-refractivity contribution in [2.24, 2.45) is 5.92 Å². The Kier molecular flexibility index (Phi) is 3.76. The summed E-state index contributed by atoms with van der Waals surface area (Å²) in [6.07, 6.45) is 10.4. The van der Waals surface area contributed by atoms with Crippen LogP contribution >= 0.6 is 0 Å². The van der Waals surface area contributed by atoms with E-state index in [0.717, 1.165) is 19.1 Å². The van der Waals surface area contributed by atoms with E-state index in [1.54, 1.807) is 11.1 Å². The Bertz CT molecular complexity index is 487. The Morgan fingerprint density at radius 2 is 1.95 bits per heavy atom. The van der Waals surface area contributed by atoms with Gasteiger partial charge in [-0.1, -0.05) is 43.5 Å². The SMILES string of the molecule is c1ccc2c(c1)CCNC2C1CCOC2(CCCCC2)C1. The van der Waals surface area contributed by atoms with Crippen molar-refractivity contribution in [1.82, 2.24) is 5.32 Å². The predicted molar refractivity (Wildman–Crippen MR) is 85.4 cm³/mol. The Balaban J connectivity index is 1.56. The van der Waals surface area contributed by atoms with E-state index in [-0.39, 0.29) is 5.60 Å². The second-order valence-corrected chi connectivity index (χ2v) is 7.23. The van der Waals surface area contributed by atoms with E-state index in [4.69, 9.17) is 4.74 Å². The molecule has 1 aromatic rings. The van der Waals surface area contributed by atoms with Crippen molar-refractivity contribution in [3.63, 3.8) is 0 Å². The van der Waals surface area contributed by atoms with Gasteiger partial charge in [-0.15, -0.1) is 0 Å². The van der Waals surface area contributed by atoms with Gasteiger partial charge in [0.1, 0.15) is 0 Å². The lowest BCUT2D eigenvalue weighted by Crippen LogP contribution is -2.46. The summed E-state index contributed by atoms with van der Waals surface area (Å²) in [5, 5.41) is 3.81. The monoisotopic (exact) mass is 285 g/mol. The molecule has 2 heteroatoms. The molecule has 2 fully saturated rings. The van der Waals surface area contributed by atoms with Gasteiger partial charge in [-0.25, -0.2) is 0 Å². The normalized spacial score (nSPS) is 31.8. The van der Waals surface area contributed by atoms with E-state index >= 15 is 0 Å². The van der Waals surface area contributed by atoms with Gasteiger partial charge < -0.3 is 10.1 Å². The Morgan fingerprint density at radius 3 is 2.86 bits per heavy atom. The van der Waals surface area contributed by atoms with Gasteiger partial charge in [0, 0.05) is 12.6 Å². The predicted octanol–water partition coefficient (Wildman–Crippen LogP) is 4.00. The van der Waals surface area contributed by atoms with Crippen molar-refractivity contribution in [1.29, 1.82) is 0 Å². The van der Waals surface area contributed by atoms with Crippen LogP contribution < -0.4 is 5.32 Å². The van der Waals surface area contributed by atoms with E-state index in [1.807, 2.05) is 0 Å². The minimum absolute atomic E-state index is 0.217. The van der Waals surface area contributed by atoms with E-state index < -0.39 is 0 Å². The molecular formula is C19H27NO. The molecule has 1 saturated carbocycles. The van der Waals surface area contributed by atoms with Gasteiger partial charge in [0.2, 0.25) is 0 Å².